The predicted octanol–water partition coefficient (Wildman–Crippen LogP) is 17.6. The molecule has 0 bridgehead atoms. The number of rotatable bonds is 6. The van der Waals surface area contributed by atoms with Crippen molar-refractivity contribution in [3.8, 4) is 44.8 Å². The predicted molar refractivity (Wildman–Crippen MR) is 298 cm³/mol. The molecule has 0 saturated heterocycles. The molecule has 2 aromatic heterocycles. The van der Waals surface area contributed by atoms with Crippen molar-refractivity contribution in [2.24, 2.45) is 0 Å². The molecule has 0 spiro atoms. The summed E-state index contributed by atoms with van der Waals surface area (Å²) in [7, 11) is 0. The Balaban J connectivity index is 0.842. The zero-order valence-corrected chi connectivity index (χ0v) is 41.3. The standard InChI is InChI=1S/C68H52N4O/c1-67(2)54-26-16-14-24-48(54)64-62(67)52-38-43(28-32-58(52)71(64)47-22-12-7-13-23-47)45-30-34-60-50(36-45)51-37-46(31-35-61(51)73-60)44-29-33-59-53(39-44)63-65(49-25-15-17-27-55(49)68(63,3)4)72(59)66-69-56(41-18-8-5-9-19-41)40-57(70-66)42-20-10-6-11-21-42/h5-40,62-65H,1-4H3. The van der Waals surface area contributed by atoms with Gasteiger partial charge in [-0.05, 0) is 133 Å². The van der Waals surface area contributed by atoms with Crippen molar-refractivity contribution in [3.63, 3.8) is 0 Å². The first-order valence-electron chi connectivity index (χ1n) is 25.8. The highest BCUT2D eigenvalue weighted by Gasteiger charge is 2.56. The summed E-state index contributed by atoms with van der Waals surface area (Å²) in [4.78, 5) is 15.9. The summed E-state index contributed by atoms with van der Waals surface area (Å²) < 4.78 is 6.60. The van der Waals surface area contributed by atoms with Crippen LogP contribution < -0.4 is 9.80 Å². The third kappa shape index (κ3) is 6.15. The largest absolute Gasteiger partial charge is 0.456 e. The summed E-state index contributed by atoms with van der Waals surface area (Å²) in [5.41, 5.74) is 22.3. The van der Waals surface area contributed by atoms with Crippen molar-refractivity contribution in [2.75, 3.05) is 9.80 Å². The van der Waals surface area contributed by atoms with Crippen LogP contribution in [0.5, 0.6) is 0 Å². The Labute approximate surface area is 426 Å². The van der Waals surface area contributed by atoms with Gasteiger partial charge in [-0.1, -0.05) is 179 Å². The van der Waals surface area contributed by atoms with Gasteiger partial charge in [0.1, 0.15) is 11.2 Å². The van der Waals surface area contributed by atoms with Crippen molar-refractivity contribution in [1.29, 1.82) is 0 Å². The van der Waals surface area contributed by atoms with Crippen LogP contribution in [0.4, 0.5) is 23.0 Å². The summed E-state index contributed by atoms with van der Waals surface area (Å²) in [6.07, 6.45) is 0. The minimum absolute atomic E-state index is 0.0198. The van der Waals surface area contributed by atoms with Gasteiger partial charge >= 0.3 is 0 Å². The SMILES string of the molecule is CC1(C)c2ccccc2C2C1c1cc(-c3ccc4oc5ccc(-c6ccc7c(c6)C6C(c8ccccc8C6(C)C)N7c6nc(-c7ccccc7)cc(-c7ccccc7)n6)cc5c4c3)ccc1N2c1ccccc1. The fraction of sp³-hybridized carbons (Fsp3) is 0.147. The van der Waals surface area contributed by atoms with Gasteiger partial charge in [0.2, 0.25) is 5.95 Å². The van der Waals surface area contributed by atoms with Gasteiger partial charge in [0, 0.05) is 50.8 Å². The van der Waals surface area contributed by atoms with E-state index < -0.39 is 0 Å². The molecule has 0 fully saturated rings. The lowest BCUT2D eigenvalue weighted by Gasteiger charge is -2.30. The van der Waals surface area contributed by atoms with E-state index in [1.54, 1.807) is 0 Å². The molecular weight excluding hydrogens is 889 g/mol. The van der Waals surface area contributed by atoms with Gasteiger partial charge in [-0.2, -0.15) is 0 Å². The summed E-state index contributed by atoms with van der Waals surface area (Å²) >= 11 is 0. The molecule has 0 saturated carbocycles. The molecular formula is C68H52N4O. The molecule has 11 aromatic rings. The lowest BCUT2D eigenvalue weighted by atomic mass is 9.74. The molecule has 15 rings (SSSR count). The van der Waals surface area contributed by atoms with Gasteiger partial charge in [-0.25, -0.2) is 9.97 Å². The lowest BCUT2D eigenvalue weighted by Crippen LogP contribution is -2.26. The van der Waals surface area contributed by atoms with E-state index >= 15 is 0 Å². The van der Waals surface area contributed by atoms with Crippen LogP contribution in [0, 0.1) is 0 Å². The maximum absolute atomic E-state index is 6.60. The molecule has 2 aliphatic carbocycles. The normalized spacial score (nSPS) is 19.4. The van der Waals surface area contributed by atoms with Crippen LogP contribution in [-0.4, -0.2) is 9.97 Å². The summed E-state index contributed by atoms with van der Waals surface area (Å²) in [5.74, 6) is 1.18. The van der Waals surface area contributed by atoms with E-state index in [0.717, 1.165) is 55.7 Å². The van der Waals surface area contributed by atoms with Crippen LogP contribution in [0.15, 0.2) is 223 Å². The van der Waals surface area contributed by atoms with Crippen LogP contribution in [0.1, 0.15) is 85.0 Å². The third-order valence-electron chi connectivity index (χ3n) is 17.2. The molecule has 4 aliphatic rings. The fourth-order valence-corrected chi connectivity index (χ4v) is 13.9. The Kier molecular flexibility index (Phi) is 8.94. The summed E-state index contributed by atoms with van der Waals surface area (Å²) in [5, 5.41) is 2.24. The maximum Gasteiger partial charge on any atom is 0.231 e. The molecule has 4 unspecified atom stereocenters. The van der Waals surface area contributed by atoms with Crippen LogP contribution >= 0.6 is 0 Å². The molecule has 5 nitrogen and oxygen atoms in total. The Bertz CT molecular complexity index is 3970. The molecule has 4 heterocycles. The average molecular weight is 941 g/mol. The molecule has 5 heteroatoms. The number of para-hydroxylation sites is 1. The van der Waals surface area contributed by atoms with E-state index in [9.17, 15) is 0 Å². The van der Waals surface area contributed by atoms with E-state index in [4.69, 9.17) is 14.4 Å². The number of hydrogen-bond acceptors (Lipinski definition) is 5. The van der Waals surface area contributed by atoms with Crippen molar-refractivity contribution in [2.45, 2.75) is 62.4 Å². The van der Waals surface area contributed by atoms with E-state index in [0.29, 0.717) is 11.9 Å². The average Bonchev–Trinajstić information content (AvgIpc) is 4.22. The zero-order chi connectivity index (χ0) is 48.7. The minimum Gasteiger partial charge on any atom is -0.456 e. The fourth-order valence-electron chi connectivity index (χ4n) is 13.9. The van der Waals surface area contributed by atoms with E-state index in [2.05, 4.69) is 256 Å². The smallest absolute Gasteiger partial charge is 0.231 e. The first-order valence-corrected chi connectivity index (χ1v) is 25.8. The van der Waals surface area contributed by atoms with Crippen LogP contribution in [0.3, 0.4) is 0 Å². The number of benzene rings is 9. The molecule has 350 valence electrons. The number of anilines is 4. The Morgan fingerprint density at radius 2 is 0.781 bits per heavy atom. The molecule has 0 N–H and O–H groups in total. The highest BCUT2D eigenvalue weighted by molar-refractivity contribution is 6.08. The molecule has 0 amide bonds. The molecule has 73 heavy (non-hydrogen) atoms. The Hall–Kier alpha value is -8.54. The topological polar surface area (TPSA) is 45.4 Å². The second kappa shape index (κ2) is 15.5. The number of furan rings is 1. The Morgan fingerprint density at radius 1 is 0.370 bits per heavy atom. The monoisotopic (exact) mass is 940 g/mol. The van der Waals surface area contributed by atoms with Crippen molar-refractivity contribution < 1.29 is 4.42 Å². The van der Waals surface area contributed by atoms with Gasteiger partial charge in [-0.3, -0.25) is 0 Å². The van der Waals surface area contributed by atoms with Crippen LogP contribution in [0.2, 0.25) is 0 Å². The highest BCUT2D eigenvalue weighted by atomic mass is 16.3. The molecule has 2 aliphatic heterocycles. The van der Waals surface area contributed by atoms with E-state index in [-0.39, 0.29) is 28.8 Å². The lowest BCUT2D eigenvalue weighted by molar-refractivity contribution is 0.419. The van der Waals surface area contributed by atoms with Gasteiger partial charge in [0.25, 0.3) is 0 Å². The summed E-state index contributed by atoms with van der Waals surface area (Å²) in [6, 6.07) is 80.1. The second-order valence-electron chi connectivity index (χ2n) is 21.8. The first kappa shape index (κ1) is 42.2. The van der Waals surface area contributed by atoms with Gasteiger partial charge in [0.15, 0.2) is 0 Å². The number of aromatic nitrogens is 2. The molecule has 4 atom stereocenters. The van der Waals surface area contributed by atoms with Crippen molar-refractivity contribution in [1.82, 2.24) is 9.97 Å². The van der Waals surface area contributed by atoms with Crippen LogP contribution in [-0.2, 0) is 10.8 Å². The number of nitrogens with zero attached hydrogens (tertiary/aromatic N) is 4. The number of fused-ring (bicyclic) bond motifs is 13. The molecule has 9 aromatic carbocycles. The van der Waals surface area contributed by atoms with E-state index in [1.807, 2.05) is 0 Å². The van der Waals surface area contributed by atoms with Crippen molar-refractivity contribution >= 4 is 44.9 Å². The number of hydrogen-bond donors (Lipinski definition) is 0. The minimum atomic E-state index is -0.153. The van der Waals surface area contributed by atoms with E-state index in [1.165, 1.54) is 61.4 Å². The van der Waals surface area contributed by atoms with Crippen molar-refractivity contribution in [3.05, 3.63) is 252 Å². The van der Waals surface area contributed by atoms with Gasteiger partial charge < -0.3 is 14.2 Å². The second-order valence-corrected chi connectivity index (χ2v) is 21.8. The zero-order valence-electron chi connectivity index (χ0n) is 41.3. The quantitative estimate of drug-likeness (QED) is 0.166. The third-order valence-corrected chi connectivity index (χ3v) is 17.2. The summed E-state index contributed by atoms with van der Waals surface area (Å²) in [6.45, 7) is 9.71. The van der Waals surface area contributed by atoms with Crippen LogP contribution in [0.25, 0.3) is 66.7 Å². The maximum atomic E-state index is 6.60. The Morgan fingerprint density at radius 3 is 1.29 bits per heavy atom. The first-order chi connectivity index (χ1) is 35.7. The molecule has 0 radical (unpaired) electrons. The van der Waals surface area contributed by atoms with Gasteiger partial charge in [0.05, 0.1) is 23.5 Å². The van der Waals surface area contributed by atoms with Gasteiger partial charge in [-0.15, -0.1) is 0 Å². The highest BCUT2D eigenvalue weighted by Crippen LogP contribution is 2.66.